The Morgan fingerprint density at radius 1 is 1.75 bits per heavy atom. The monoisotopic (exact) mass is 184 g/mol. The first-order valence-electron chi connectivity index (χ1n) is 3.87. The fourth-order valence-corrected chi connectivity index (χ4v) is 1.50. The van der Waals surface area contributed by atoms with Crippen molar-refractivity contribution >= 4 is 17.6 Å². The van der Waals surface area contributed by atoms with Crippen LogP contribution in [0, 0.1) is 6.92 Å². The maximum Gasteiger partial charge on any atom is 0.114 e. The van der Waals surface area contributed by atoms with Crippen molar-refractivity contribution in [3.63, 3.8) is 0 Å². The zero-order chi connectivity index (χ0) is 8.81. The molecule has 0 saturated carbocycles. The number of aromatic nitrogens is 1. The largest absolute Gasteiger partial charge is 0.396 e. The minimum absolute atomic E-state index is 0.623. The van der Waals surface area contributed by atoms with Crippen molar-refractivity contribution in [1.29, 1.82) is 0 Å². The fraction of sp³-hybridized carbons (Fsp3) is 0.500. The van der Waals surface area contributed by atoms with Gasteiger partial charge in [-0.05, 0) is 13.8 Å². The Balaban J connectivity index is 2.37. The summed E-state index contributed by atoms with van der Waals surface area (Å²) in [4.78, 5) is 10.2. The Morgan fingerprint density at radius 2 is 2.58 bits per heavy atom. The van der Waals surface area contributed by atoms with Crippen LogP contribution in [0.4, 0.5) is 0 Å². The molecule has 1 rings (SSSR count). The van der Waals surface area contributed by atoms with Gasteiger partial charge in [0, 0.05) is 17.5 Å². The van der Waals surface area contributed by atoms with Crippen LogP contribution in [0.25, 0.3) is 0 Å². The first-order chi connectivity index (χ1) is 5.84. The number of rotatable bonds is 4. The normalized spacial score (nSPS) is 10.8. The van der Waals surface area contributed by atoms with Gasteiger partial charge in [-0.3, -0.25) is 0 Å². The zero-order valence-corrected chi connectivity index (χ0v) is 8.10. The van der Waals surface area contributed by atoms with E-state index in [2.05, 4.69) is 10.1 Å². The van der Waals surface area contributed by atoms with E-state index in [-0.39, 0.29) is 0 Å². The van der Waals surface area contributed by atoms with Gasteiger partial charge in [-0.1, -0.05) is 5.16 Å². The lowest BCUT2D eigenvalue weighted by Crippen LogP contribution is -1.87. The molecule has 0 aliphatic carbocycles. The smallest absolute Gasteiger partial charge is 0.114 e. The molecule has 3 nitrogen and oxygen atoms in total. The van der Waals surface area contributed by atoms with Crippen LogP contribution in [-0.4, -0.2) is 17.8 Å². The molecule has 0 unspecified atom stereocenters. The van der Waals surface area contributed by atoms with Crippen LogP contribution in [0.3, 0.4) is 0 Å². The van der Waals surface area contributed by atoms with Gasteiger partial charge >= 0.3 is 0 Å². The standard InChI is InChI=1S/C8H12N2OS/c1-3-11-10-5-4-8-7(2)9-6-12-8/h5-6H,3-4H2,1-2H3. The predicted octanol–water partition coefficient (Wildman–Crippen LogP) is 2.02. The first-order valence-corrected chi connectivity index (χ1v) is 4.75. The van der Waals surface area contributed by atoms with Gasteiger partial charge in [0.2, 0.25) is 0 Å². The second-order valence-electron chi connectivity index (χ2n) is 2.27. The van der Waals surface area contributed by atoms with Crippen LogP contribution in [0.15, 0.2) is 10.7 Å². The van der Waals surface area contributed by atoms with Gasteiger partial charge < -0.3 is 4.84 Å². The Bertz CT molecular complexity index is 257. The van der Waals surface area contributed by atoms with E-state index in [1.54, 1.807) is 17.6 Å². The van der Waals surface area contributed by atoms with Gasteiger partial charge in [-0.25, -0.2) is 4.98 Å². The predicted molar refractivity (Wildman–Crippen MR) is 50.7 cm³/mol. The summed E-state index contributed by atoms with van der Waals surface area (Å²) in [5.41, 5.74) is 2.93. The molecule has 0 fully saturated rings. The van der Waals surface area contributed by atoms with Crippen LogP contribution < -0.4 is 0 Å². The van der Waals surface area contributed by atoms with Gasteiger partial charge in [-0.2, -0.15) is 0 Å². The molecular weight excluding hydrogens is 172 g/mol. The summed E-state index contributed by atoms with van der Waals surface area (Å²) in [5.74, 6) is 0. The van der Waals surface area contributed by atoms with Gasteiger partial charge in [0.1, 0.15) is 6.61 Å². The van der Waals surface area contributed by atoms with E-state index >= 15 is 0 Å². The molecule has 1 aromatic rings. The summed E-state index contributed by atoms with van der Waals surface area (Å²) in [5, 5.41) is 3.76. The van der Waals surface area contributed by atoms with Gasteiger partial charge in [0.05, 0.1) is 11.2 Å². The highest BCUT2D eigenvalue weighted by Gasteiger charge is 1.97. The molecule has 1 aromatic heterocycles. The minimum atomic E-state index is 0.623. The lowest BCUT2D eigenvalue weighted by atomic mass is 10.3. The van der Waals surface area contributed by atoms with Crippen LogP contribution in [0.5, 0.6) is 0 Å². The van der Waals surface area contributed by atoms with Crippen molar-refractivity contribution in [3.05, 3.63) is 16.1 Å². The van der Waals surface area contributed by atoms with Crippen molar-refractivity contribution in [1.82, 2.24) is 4.98 Å². The number of thiazole rings is 1. The third-order valence-electron chi connectivity index (χ3n) is 1.40. The molecule has 0 spiro atoms. The van der Waals surface area contributed by atoms with Crippen molar-refractivity contribution in [3.8, 4) is 0 Å². The van der Waals surface area contributed by atoms with Gasteiger partial charge in [-0.15, -0.1) is 11.3 Å². The number of hydrogen-bond acceptors (Lipinski definition) is 4. The average molecular weight is 184 g/mol. The highest BCUT2D eigenvalue weighted by atomic mass is 32.1. The van der Waals surface area contributed by atoms with E-state index in [9.17, 15) is 0 Å². The molecule has 66 valence electrons. The molecule has 0 saturated heterocycles. The average Bonchev–Trinajstić information content (AvgIpc) is 2.46. The molecule has 0 atom stereocenters. The number of nitrogens with zero attached hydrogens (tertiary/aromatic N) is 2. The highest BCUT2D eigenvalue weighted by Crippen LogP contribution is 2.11. The Kier molecular flexibility index (Phi) is 3.73. The molecule has 0 aliphatic rings. The molecule has 12 heavy (non-hydrogen) atoms. The van der Waals surface area contributed by atoms with Gasteiger partial charge in [0.15, 0.2) is 0 Å². The molecular formula is C8H12N2OS. The summed E-state index contributed by atoms with van der Waals surface area (Å²) >= 11 is 1.65. The fourth-order valence-electron chi connectivity index (χ4n) is 0.770. The number of aryl methyl sites for hydroxylation is 1. The summed E-state index contributed by atoms with van der Waals surface area (Å²) in [6, 6.07) is 0. The summed E-state index contributed by atoms with van der Waals surface area (Å²) < 4.78 is 0. The third-order valence-corrected chi connectivity index (χ3v) is 2.36. The van der Waals surface area contributed by atoms with E-state index in [4.69, 9.17) is 4.84 Å². The molecule has 0 N–H and O–H groups in total. The van der Waals surface area contributed by atoms with Crippen LogP contribution in [0.1, 0.15) is 17.5 Å². The second kappa shape index (κ2) is 4.87. The Morgan fingerprint density at radius 3 is 3.17 bits per heavy atom. The summed E-state index contributed by atoms with van der Waals surface area (Å²) in [7, 11) is 0. The van der Waals surface area contributed by atoms with E-state index in [1.165, 1.54) is 4.88 Å². The third kappa shape index (κ3) is 2.62. The van der Waals surface area contributed by atoms with E-state index < -0.39 is 0 Å². The summed E-state index contributed by atoms with van der Waals surface area (Å²) in [6.07, 6.45) is 2.58. The molecule has 0 radical (unpaired) electrons. The first kappa shape index (κ1) is 9.19. The topological polar surface area (TPSA) is 34.5 Å². The van der Waals surface area contributed by atoms with Crippen LogP contribution >= 0.6 is 11.3 Å². The second-order valence-corrected chi connectivity index (χ2v) is 3.21. The number of hydrogen-bond donors (Lipinski definition) is 0. The SMILES string of the molecule is CCON=CCc1scnc1C. The van der Waals surface area contributed by atoms with Gasteiger partial charge in [0.25, 0.3) is 0 Å². The maximum atomic E-state index is 4.83. The quantitative estimate of drug-likeness (QED) is 0.530. The van der Waals surface area contributed by atoms with Crippen molar-refractivity contribution in [2.24, 2.45) is 5.16 Å². The van der Waals surface area contributed by atoms with Crippen LogP contribution in [0.2, 0.25) is 0 Å². The van der Waals surface area contributed by atoms with Crippen molar-refractivity contribution in [2.75, 3.05) is 6.61 Å². The van der Waals surface area contributed by atoms with Crippen molar-refractivity contribution < 1.29 is 4.84 Å². The molecule has 4 heteroatoms. The maximum absolute atomic E-state index is 4.83. The van der Waals surface area contributed by atoms with E-state index in [0.717, 1.165) is 12.1 Å². The number of oxime groups is 1. The minimum Gasteiger partial charge on any atom is -0.396 e. The Labute approximate surface area is 76.1 Å². The zero-order valence-electron chi connectivity index (χ0n) is 7.28. The van der Waals surface area contributed by atoms with E-state index in [1.807, 2.05) is 19.4 Å². The van der Waals surface area contributed by atoms with Crippen molar-refractivity contribution in [2.45, 2.75) is 20.3 Å². The lowest BCUT2D eigenvalue weighted by Gasteiger charge is -1.91. The highest BCUT2D eigenvalue weighted by molar-refractivity contribution is 7.09. The molecule has 1 heterocycles. The lowest BCUT2D eigenvalue weighted by molar-refractivity contribution is 0.160. The summed E-state index contributed by atoms with van der Waals surface area (Å²) in [6.45, 7) is 4.54. The molecule has 0 amide bonds. The molecule has 0 bridgehead atoms. The van der Waals surface area contributed by atoms with Crippen LogP contribution in [-0.2, 0) is 11.3 Å². The molecule has 0 aliphatic heterocycles. The Hall–Kier alpha value is -0.900. The van der Waals surface area contributed by atoms with E-state index in [0.29, 0.717) is 6.61 Å². The molecule has 0 aromatic carbocycles.